The second-order valence-corrected chi connectivity index (χ2v) is 5.98. The summed E-state index contributed by atoms with van der Waals surface area (Å²) in [4.78, 5) is 4.19. The van der Waals surface area contributed by atoms with Crippen LogP contribution in [0.15, 0.2) is 49.9 Å². The van der Waals surface area contributed by atoms with Crippen molar-refractivity contribution < 1.29 is 14.0 Å². The van der Waals surface area contributed by atoms with Crippen LogP contribution in [0.1, 0.15) is 0 Å². The molecule has 1 aromatic heterocycles. The molecule has 2 aromatic carbocycles. The molecule has 0 radical (unpaired) electrons. The highest BCUT2D eigenvalue weighted by atomic mass is 79.9. The largest absolute Gasteiger partial charge is 0.507 e. The molecule has 0 unspecified atom stereocenters. The van der Waals surface area contributed by atoms with Crippen molar-refractivity contribution in [3.8, 4) is 28.6 Å². The molecule has 3 aromatic rings. The number of hydrogen-bond donors (Lipinski definition) is 1. The topological polar surface area (TPSA) is 59.2 Å². The van der Waals surface area contributed by atoms with Crippen LogP contribution in [0.2, 0.25) is 0 Å². The van der Waals surface area contributed by atoms with Crippen molar-refractivity contribution in [3.05, 3.63) is 51.2 Å². The fourth-order valence-corrected chi connectivity index (χ4v) is 2.57. The van der Waals surface area contributed by atoms with E-state index < -0.39 is 5.82 Å². The quantitative estimate of drug-likeness (QED) is 0.657. The molecule has 0 spiro atoms. The second-order valence-electron chi connectivity index (χ2n) is 4.21. The number of phenols is 1. The Morgan fingerprint density at radius 1 is 1.05 bits per heavy atom. The van der Waals surface area contributed by atoms with Crippen molar-refractivity contribution in [2.75, 3.05) is 0 Å². The molecule has 21 heavy (non-hydrogen) atoms. The van der Waals surface area contributed by atoms with Crippen molar-refractivity contribution in [2.45, 2.75) is 0 Å². The monoisotopic (exact) mass is 412 g/mol. The maximum atomic E-state index is 13.3. The number of aromatic hydroxyl groups is 1. The third kappa shape index (κ3) is 2.84. The van der Waals surface area contributed by atoms with Gasteiger partial charge in [0.05, 0.1) is 5.56 Å². The highest BCUT2D eigenvalue weighted by molar-refractivity contribution is 9.10. The average molecular weight is 414 g/mol. The number of nitrogens with zero attached hydrogens (tertiary/aromatic N) is 2. The molecule has 0 fully saturated rings. The van der Waals surface area contributed by atoms with Crippen LogP contribution in [0.3, 0.4) is 0 Å². The lowest BCUT2D eigenvalue weighted by molar-refractivity contribution is 0.425. The third-order valence-corrected chi connectivity index (χ3v) is 3.97. The molecule has 0 saturated carbocycles. The Bertz CT molecular complexity index is 820. The van der Waals surface area contributed by atoms with Crippen LogP contribution in [0.25, 0.3) is 22.8 Å². The van der Waals surface area contributed by atoms with Gasteiger partial charge in [0.25, 0.3) is 5.89 Å². The minimum Gasteiger partial charge on any atom is -0.507 e. The number of halogens is 3. The van der Waals surface area contributed by atoms with E-state index in [1.807, 2.05) is 0 Å². The van der Waals surface area contributed by atoms with Crippen molar-refractivity contribution in [2.24, 2.45) is 0 Å². The molecule has 3 rings (SSSR count). The van der Waals surface area contributed by atoms with Gasteiger partial charge in [-0.15, -0.1) is 0 Å². The normalized spacial score (nSPS) is 10.8. The van der Waals surface area contributed by atoms with Gasteiger partial charge < -0.3 is 9.63 Å². The van der Waals surface area contributed by atoms with Gasteiger partial charge in [-0.2, -0.15) is 4.98 Å². The molecule has 106 valence electrons. The van der Waals surface area contributed by atoms with E-state index in [1.54, 1.807) is 18.2 Å². The van der Waals surface area contributed by atoms with Crippen molar-refractivity contribution in [1.29, 1.82) is 0 Å². The Morgan fingerprint density at radius 3 is 2.62 bits per heavy atom. The number of phenolic OH excluding ortho intramolecular Hbond substituents is 1. The Balaban J connectivity index is 2.06. The lowest BCUT2D eigenvalue weighted by Crippen LogP contribution is -1.85. The molecule has 0 bridgehead atoms. The van der Waals surface area contributed by atoms with E-state index in [9.17, 15) is 9.50 Å². The van der Waals surface area contributed by atoms with E-state index in [1.165, 1.54) is 18.2 Å². The fourth-order valence-electron chi connectivity index (χ4n) is 1.80. The zero-order valence-electron chi connectivity index (χ0n) is 10.3. The predicted octanol–water partition coefficient (Wildman–Crippen LogP) is 4.77. The summed E-state index contributed by atoms with van der Waals surface area (Å²) in [5.41, 5.74) is 0.881. The highest BCUT2D eigenvalue weighted by Gasteiger charge is 2.16. The Kier molecular flexibility index (Phi) is 3.77. The standard InChI is InChI=1S/C14H7Br2FN2O2/c15-7-1-3-9(12(20)5-7)14-18-13(19-21-14)10-6-8(17)2-4-11(10)16/h1-6,20H. The van der Waals surface area contributed by atoms with Gasteiger partial charge in [0.15, 0.2) is 0 Å². The average Bonchev–Trinajstić information content (AvgIpc) is 2.91. The first kappa shape index (κ1) is 14.2. The van der Waals surface area contributed by atoms with Gasteiger partial charge in [-0.3, -0.25) is 0 Å². The van der Waals surface area contributed by atoms with E-state index in [-0.39, 0.29) is 17.5 Å². The smallest absolute Gasteiger partial charge is 0.261 e. The second kappa shape index (κ2) is 5.57. The lowest BCUT2D eigenvalue weighted by atomic mass is 10.2. The van der Waals surface area contributed by atoms with E-state index >= 15 is 0 Å². The first-order chi connectivity index (χ1) is 10.0. The zero-order chi connectivity index (χ0) is 15.0. The van der Waals surface area contributed by atoms with E-state index in [4.69, 9.17) is 4.52 Å². The molecular weight excluding hydrogens is 407 g/mol. The lowest BCUT2D eigenvalue weighted by Gasteiger charge is -1.99. The SMILES string of the molecule is Oc1cc(Br)ccc1-c1nc(-c2cc(F)ccc2Br)no1. The van der Waals surface area contributed by atoms with E-state index in [0.29, 0.717) is 15.6 Å². The molecule has 0 amide bonds. The zero-order valence-corrected chi connectivity index (χ0v) is 13.5. The molecule has 0 atom stereocenters. The molecule has 1 N–H and O–H groups in total. The summed E-state index contributed by atoms with van der Waals surface area (Å²) in [6.07, 6.45) is 0. The van der Waals surface area contributed by atoms with Gasteiger partial charge in [-0.25, -0.2) is 4.39 Å². The molecule has 0 aliphatic carbocycles. The third-order valence-electron chi connectivity index (χ3n) is 2.79. The van der Waals surface area contributed by atoms with Gasteiger partial charge in [-0.05, 0) is 36.4 Å². The number of hydrogen-bond acceptors (Lipinski definition) is 4. The summed E-state index contributed by atoms with van der Waals surface area (Å²) in [5, 5.41) is 13.7. The van der Waals surface area contributed by atoms with Crippen molar-refractivity contribution >= 4 is 31.9 Å². The minimum atomic E-state index is -0.397. The molecule has 4 nitrogen and oxygen atoms in total. The first-order valence-corrected chi connectivity index (χ1v) is 7.41. The predicted molar refractivity (Wildman–Crippen MR) is 82.2 cm³/mol. The first-order valence-electron chi connectivity index (χ1n) is 5.82. The van der Waals surface area contributed by atoms with Gasteiger partial charge >= 0.3 is 0 Å². The summed E-state index contributed by atoms with van der Waals surface area (Å²) >= 11 is 6.57. The van der Waals surface area contributed by atoms with Crippen LogP contribution < -0.4 is 0 Å². The molecule has 0 aliphatic heterocycles. The van der Waals surface area contributed by atoms with Crippen LogP contribution in [-0.2, 0) is 0 Å². The van der Waals surface area contributed by atoms with Gasteiger partial charge in [0.1, 0.15) is 11.6 Å². The fraction of sp³-hybridized carbons (Fsp3) is 0. The number of benzene rings is 2. The van der Waals surface area contributed by atoms with Crippen LogP contribution in [-0.4, -0.2) is 15.2 Å². The van der Waals surface area contributed by atoms with E-state index in [2.05, 4.69) is 42.0 Å². The Hall–Kier alpha value is -1.73. The molecule has 0 aliphatic rings. The summed E-state index contributed by atoms with van der Waals surface area (Å²) in [6, 6.07) is 9.12. The van der Waals surface area contributed by atoms with Crippen LogP contribution >= 0.6 is 31.9 Å². The van der Waals surface area contributed by atoms with Gasteiger partial charge in [0, 0.05) is 14.5 Å². The summed E-state index contributed by atoms with van der Waals surface area (Å²) in [5.74, 6) is 0.00813. The highest BCUT2D eigenvalue weighted by Crippen LogP contribution is 2.33. The van der Waals surface area contributed by atoms with Crippen LogP contribution in [0.5, 0.6) is 5.75 Å². The minimum absolute atomic E-state index is 0.0119. The molecular formula is C14H7Br2FN2O2. The maximum absolute atomic E-state index is 13.3. The molecule has 1 heterocycles. The summed E-state index contributed by atoms with van der Waals surface area (Å²) < 4.78 is 19.8. The van der Waals surface area contributed by atoms with Gasteiger partial charge in [-0.1, -0.05) is 37.0 Å². The number of rotatable bonds is 2. The Labute approximate surface area is 135 Å². The van der Waals surface area contributed by atoms with E-state index in [0.717, 1.165) is 4.47 Å². The molecule has 0 saturated heterocycles. The van der Waals surface area contributed by atoms with Crippen LogP contribution in [0, 0.1) is 5.82 Å². The van der Waals surface area contributed by atoms with Gasteiger partial charge in [0.2, 0.25) is 5.82 Å². The summed E-state index contributed by atoms with van der Waals surface area (Å²) in [7, 11) is 0. The summed E-state index contributed by atoms with van der Waals surface area (Å²) in [6.45, 7) is 0. The van der Waals surface area contributed by atoms with Crippen molar-refractivity contribution in [3.63, 3.8) is 0 Å². The molecule has 7 heteroatoms. The number of aromatic nitrogens is 2. The maximum Gasteiger partial charge on any atom is 0.261 e. The Morgan fingerprint density at radius 2 is 1.86 bits per heavy atom. The van der Waals surface area contributed by atoms with Crippen molar-refractivity contribution in [1.82, 2.24) is 10.1 Å². The van der Waals surface area contributed by atoms with Crippen LogP contribution in [0.4, 0.5) is 4.39 Å².